The lowest BCUT2D eigenvalue weighted by atomic mass is 10.1. The maximum atomic E-state index is 13.4. The van der Waals surface area contributed by atoms with Crippen LogP contribution in [0.3, 0.4) is 0 Å². The Balaban J connectivity index is 1.81. The number of hydrogen-bond acceptors (Lipinski definition) is 4. The average Bonchev–Trinajstić information content (AvgIpc) is 3.29. The summed E-state index contributed by atoms with van der Waals surface area (Å²) in [7, 11) is 0. The van der Waals surface area contributed by atoms with Gasteiger partial charge in [-0.1, -0.05) is 0 Å². The van der Waals surface area contributed by atoms with E-state index < -0.39 is 29.5 Å². The van der Waals surface area contributed by atoms with E-state index in [-0.39, 0.29) is 23.5 Å². The molecule has 1 aromatic carbocycles. The molecule has 0 saturated carbocycles. The smallest absolute Gasteiger partial charge is 0.418 e. The van der Waals surface area contributed by atoms with Crippen molar-refractivity contribution in [2.75, 3.05) is 23.8 Å². The molecule has 138 valence electrons. The first-order valence-electron chi connectivity index (χ1n) is 7.78. The van der Waals surface area contributed by atoms with Crippen LogP contribution in [0.4, 0.5) is 24.5 Å². The molecule has 3 rings (SSSR count). The molecule has 0 aliphatic carbocycles. The van der Waals surface area contributed by atoms with Crippen LogP contribution >= 0.6 is 0 Å². The van der Waals surface area contributed by atoms with Crippen LogP contribution < -0.4 is 10.6 Å². The van der Waals surface area contributed by atoms with Gasteiger partial charge in [-0.2, -0.15) is 13.2 Å². The Morgan fingerprint density at radius 1 is 1.15 bits per heavy atom. The van der Waals surface area contributed by atoms with Gasteiger partial charge in [-0.25, -0.2) is 0 Å². The van der Waals surface area contributed by atoms with Crippen LogP contribution in [0.25, 0.3) is 0 Å². The van der Waals surface area contributed by atoms with Crippen LogP contribution in [0.5, 0.6) is 0 Å². The molecule has 0 radical (unpaired) electrons. The lowest BCUT2D eigenvalue weighted by molar-refractivity contribution is -0.137. The van der Waals surface area contributed by atoms with Crippen molar-refractivity contribution < 1.29 is 31.9 Å². The molecule has 6 nitrogen and oxygen atoms in total. The maximum Gasteiger partial charge on any atom is 0.418 e. The molecule has 26 heavy (non-hydrogen) atoms. The standard InChI is InChI=1S/C17H15F3N2O4/c18-17(19,20)13-7-12(21-15(23)10-3-5-25-8-10)1-2-14(13)22-16(24)11-4-6-26-9-11/h1-3,5,7-8,11H,4,6,9H2,(H,21,23)(H,22,24). The van der Waals surface area contributed by atoms with Gasteiger partial charge in [0.2, 0.25) is 5.91 Å². The number of ether oxygens (including phenoxy) is 1. The molecule has 0 spiro atoms. The molecule has 1 saturated heterocycles. The number of furan rings is 1. The lowest BCUT2D eigenvalue weighted by Gasteiger charge is -2.17. The molecular formula is C17H15F3N2O4. The Labute approximate surface area is 146 Å². The average molecular weight is 368 g/mol. The van der Waals surface area contributed by atoms with E-state index >= 15 is 0 Å². The molecular weight excluding hydrogens is 353 g/mol. The van der Waals surface area contributed by atoms with E-state index in [2.05, 4.69) is 10.6 Å². The van der Waals surface area contributed by atoms with Crippen molar-refractivity contribution in [3.8, 4) is 0 Å². The summed E-state index contributed by atoms with van der Waals surface area (Å²) >= 11 is 0. The second kappa shape index (κ2) is 7.20. The molecule has 1 atom stereocenters. The number of nitrogens with one attached hydrogen (secondary N) is 2. The number of carbonyl (C=O) groups is 2. The van der Waals surface area contributed by atoms with Crippen molar-refractivity contribution in [1.29, 1.82) is 0 Å². The van der Waals surface area contributed by atoms with Gasteiger partial charge >= 0.3 is 6.18 Å². The molecule has 1 aliphatic heterocycles. The minimum absolute atomic E-state index is 0.0503. The van der Waals surface area contributed by atoms with Crippen LogP contribution in [-0.2, 0) is 15.7 Å². The first kappa shape index (κ1) is 18.0. The second-order valence-corrected chi connectivity index (χ2v) is 5.77. The third kappa shape index (κ3) is 4.05. The van der Waals surface area contributed by atoms with Gasteiger partial charge in [0.05, 0.1) is 35.6 Å². The van der Waals surface area contributed by atoms with Gasteiger partial charge in [0, 0.05) is 12.3 Å². The van der Waals surface area contributed by atoms with Crippen LogP contribution in [0, 0.1) is 5.92 Å². The van der Waals surface area contributed by atoms with E-state index in [0.29, 0.717) is 13.0 Å². The predicted octanol–water partition coefficient (Wildman–Crippen LogP) is 3.53. The molecule has 9 heteroatoms. The third-order valence-corrected chi connectivity index (χ3v) is 3.92. The molecule has 2 heterocycles. The first-order valence-corrected chi connectivity index (χ1v) is 7.78. The highest BCUT2D eigenvalue weighted by Crippen LogP contribution is 2.37. The van der Waals surface area contributed by atoms with Crippen LogP contribution in [0.1, 0.15) is 22.3 Å². The van der Waals surface area contributed by atoms with Gasteiger partial charge in [-0.15, -0.1) is 0 Å². The van der Waals surface area contributed by atoms with Gasteiger partial charge < -0.3 is 19.8 Å². The Morgan fingerprint density at radius 3 is 2.58 bits per heavy atom. The van der Waals surface area contributed by atoms with E-state index in [0.717, 1.165) is 12.1 Å². The van der Waals surface area contributed by atoms with E-state index in [9.17, 15) is 22.8 Å². The fraction of sp³-hybridized carbons (Fsp3) is 0.294. The number of anilines is 2. The summed E-state index contributed by atoms with van der Waals surface area (Å²) in [6, 6.07) is 4.56. The molecule has 0 bridgehead atoms. The monoisotopic (exact) mass is 368 g/mol. The van der Waals surface area contributed by atoms with E-state index in [1.807, 2.05) is 0 Å². The molecule has 2 amide bonds. The topological polar surface area (TPSA) is 80.6 Å². The lowest BCUT2D eigenvalue weighted by Crippen LogP contribution is -2.24. The zero-order valence-corrected chi connectivity index (χ0v) is 13.4. The highest BCUT2D eigenvalue weighted by Gasteiger charge is 2.35. The molecule has 1 fully saturated rings. The molecule has 1 aliphatic rings. The van der Waals surface area contributed by atoms with E-state index in [1.165, 1.54) is 24.7 Å². The second-order valence-electron chi connectivity index (χ2n) is 5.77. The summed E-state index contributed by atoms with van der Waals surface area (Å²) < 4.78 is 49.9. The predicted molar refractivity (Wildman–Crippen MR) is 85.7 cm³/mol. The summed E-state index contributed by atoms with van der Waals surface area (Å²) in [5.41, 5.74) is -1.28. The third-order valence-electron chi connectivity index (χ3n) is 3.92. The number of carbonyl (C=O) groups excluding carboxylic acids is 2. The number of halogens is 3. The Morgan fingerprint density at radius 2 is 1.96 bits per heavy atom. The van der Waals surface area contributed by atoms with Crippen molar-refractivity contribution in [3.05, 3.63) is 47.9 Å². The Bertz CT molecular complexity index is 797. The van der Waals surface area contributed by atoms with Crippen molar-refractivity contribution in [2.24, 2.45) is 5.92 Å². The summed E-state index contributed by atoms with van der Waals surface area (Å²) in [4.78, 5) is 24.0. The number of benzene rings is 1. The fourth-order valence-electron chi connectivity index (χ4n) is 2.54. The van der Waals surface area contributed by atoms with Gasteiger partial charge in [0.15, 0.2) is 0 Å². The largest absolute Gasteiger partial charge is 0.472 e. The minimum Gasteiger partial charge on any atom is -0.472 e. The molecule has 1 unspecified atom stereocenters. The van der Waals surface area contributed by atoms with Crippen LogP contribution in [0.15, 0.2) is 41.2 Å². The van der Waals surface area contributed by atoms with Crippen molar-refractivity contribution >= 4 is 23.2 Å². The van der Waals surface area contributed by atoms with Crippen molar-refractivity contribution in [1.82, 2.24) is 0 Å². The summed E-state index contributed by atoms with van der Waals surface area (Å²) in [6.07, 6.45) is -1.78. The van der Waals surface area contributed by atoms with Crippen LogP contribution in [0.2, 0.25) is 0 Å². The fourth-order valence-corrected chi connectivity index (χ4v) is 2.54. The van der Waals surface area contributed by atoms with E-state index in [4.69, 9.17) is 9.15 Å². The van der Waals surface area contributed by atoms with Crippen molar-refractivity contribution in [3.63, 3.8) is 0 Å². The molecule has 2 aromatic rings. The molecule has 1 aromatic heterocycles. The van der Waals surface area contributed by atoms with E-state index in [1.54, 1.807) is 0 Å². The number of alkyl halides is 3. The van der Waals surface area contributed by atoms with Crippen molar-refractivity contribution in [2.45, 2.75) is 12.6 Å². The quantitative estimate of drug-likeness (QED) is 0.865. The zero-order chi connectivity index (χ0) is 18.7. The number of hydrogen-bond donors (Lipinski definition) is 2. The zero-order valence-electron chi connectivity index (χ0n) is 13.4. The summed E-state index contributed by atoms with van der Waals surface area (Å²) in [5.74, 6) is -1.61. The highest BCUT2D eigenvalue weighted by molar-refractivity contribution is 6.04. The van der Waals surface area contributed by atoms with Gasteiger partial charge in [-0.05, 0) is 30.7 Å². The first-order chi connectivity index (χ1) is 12.3. The van der Waals surface area contributed by atoms with Gasteiger partial charge in [0.25, 0.3) is 5.91 Å². The van der Waals surface area contributed by atoms with Gasteiger partial charge in [0.1, 0.15) is 6.26 Å². The summed E-state index contributed by atoms with van der Waals surface area (Å²) in [6.45, 7) is 0.592. The summed E-state index contributed by atoms with van der Waals surface area (Å²) in [5, 5.41) is 4.66. The molecule has 2 N–H and O–H groups in total. The SMILES string of the molecule is O=C(Nc1ccc(NC(=O)C2CCOC2)c(C(F)(F)F)c1)c1ccoc1. The van der Waals surface area contributed by atoms with Gasteiger partial charge in [-0.3, -0.25) is 9.59 Å². The minimum atomic E-state index is -4.70. The van der Waals surface area contributed by atoms with Crippen LogP contribution in [-0.4, -0.2) is 25.0 Å². The number of amides is 2. The Kier molecular flexibility index (Phi) is 4.99. The maximum absolute atomic E-state index is 13.4. The number of rotatable bonds is 4. The highest BCUT2D eigenvalue weighted by atomic mass is 19.4. The normalized spacial score (nSPS) is 17.1. The Hall–Kier alpha value is -2.81.